The van der Waals surface area contributed by atoms with Gasteiger partial charge in [-0.25, -0.2) is 9.71 Å². The molecule has 53 heavy (non-hydrogen) atoms. The van der Waals surface area contributed by atoms with Gasteiger partial charge in [-0.05, 0) is 56.1 Å². The lowest BCUT2D eigenvalue weighted by Crippen LogP contribution is -2.54. The molecule has 1 unspecified atom stereocenters. The van der Waals surface area contributed by atoms with Gasteiger partial charge in [0.25, 0.3) is 10.2 Å². The maximum absolute atomic E-state index is 13.6. The summed E-state index contributed by atoms with van der Waals surface area (Å²) in [5.41, 5.74) is 3.47. The molecule has 0 radical (unpaired) electrons. The average molecular weight is 773 g/mol. The van der Waals surface area contributed by atoms with E-state index in [2.05, 4.69) is 66.4 Å². The number of amides is 1. The highest BCUT2D eigenvalue weighted by Crippen LogP contribution is 2.44. The van der Waals surface area contributed by atoms with Gasteiger partial charge in [0.15, 0.2) is 0 Å². The predicted octanol–water partition coefficient (Wildman–Crippen LogP) is 4.07. The number of aryl methyl sites for hydroxylation is 1. The van der Waals surface area contributed by atoms with Crippen molar-refractivity contribution in [1.29, 1.82) is 5.26 Å². The number of rotatable bonds is 10. The number of fused-ring (bicyclic) bond motifs is 2. The molecular weight excluding hydrogens is 730 g/mol. The Balaban J connectivity index is 1.05. The van der Waals surface area contributed by atoms with Crippen molar-refractivity contribution >= 4 is 60.3 Å². The largest absolute Gasteiger partial charge is 0.393 e. The minimum atomic E-state index is -4.36. The number of nitrogens with zero attached hydrogens (tertiary/aromatic N) is 8. The molecule has 0 aliphatic carbocycles. The van der Waals surface area contributed by atoms with Gasteiger partial charge in [0.05, 0.1) is 11.8 Å². The fourth-order valence-corrected chi connectivity index (χ4v) is 10.2. The second kappa shape index (κ2) is 14.1. The summed E-state index contributed by atoms with van der Waals surface area (Å²) in [6, 6.07) is 10.1. The molecule has 3 aliphatic heterocycles. The molecule has 6 heterocycles. The molecule has 3 aliphatic rings. The summed E-state index contributed by atoms with van der Waals surface area (Å²) >= 11 is 0.969. The Labute approximate surface area is 310 Å². The molecule has 3 aromatic heterocycles. The highest BCUT2D eigenvalue weighted by molar-refractivity contribution is 7.87. The second-order valence-electron chi connectivity index (χ2n) is 14.5. The second-order valence-corrected chi connectivity index (χ2v) is 17.5. The lowest BCUT2D eigenvalue weighted by molar-refractivity contribution is -0.126. The van der Waals surface area contributed by atoms with Crippen LogP contribution in [0.2, 0.25) is 0 Å². The Morgan fingerprint density at radius 1 is 1.08 bits per heavy atom. The van der Waals surface area contributed by atoms with Gasteiger partial charge in [0.2, 0.25) is 11.9 Å². The number of anilines is 2. The fourth-order valence-electron chi connectivity index (χ4n) is 8.20. The smallest absolute Gasteiger partial charge is 0.357 e. The van der Waals surface area contributed by atoms with Gasteiger partial charge < -0.3 is 9.88 Å². The van der Waals surface area contributed by atoms with Crippen LogP contribution in [0, 0.1) is 23.7 Å². The highest BCUT2D eigenvalue weighted by Gasteiger charge is 2.48. The topological polar surface area (TPSA) is 143 Å². The lowest BCUT2D eigenvalue weighted by Gasteiger charge is -2.37. The van der Waals surface area contributed by atoms with Crippen LogP contribution in [0.4, 0.5) is 24.9 Å². The lowest BCUT2D eigenvalue weighted by atomic mass is 9.86. The van der Waals surface area contributed by atoms with Gasteiger partial charge in [-0.1, -0.05) is 6.07 Å². The van der Waals surface area contributed by atoms with Gasteiger partial charge in [0, 0.05) is 100 Å². The molecule has 2 atom stereocenters. The number of nitriles is 1. The third kappa shape index (κ3) is 7.34. The Hall–Kier alpha value is -3.86. The molecule has 4 aromatic rings. The van der Waals surface area contributed by atoms with Crippen molar-refractivity contribution in [2.24, 2.45) is 5.41 Å². The zero-order chi connectivity index (χ0) is 37.9. The van der Waals surface area contributed by atoms with E-state index in [1.165, 1.54) is 17.4 Å². The average Bonchev–Trinajstić information content (AvgIpc) is 3.88. The third-order valence-corrected chi connectivity index (χ3v) is 13.6. The number of halogens is 3. The van der Waals surface area contributed by atoms with Crippen LogP contribution in [0.3, 0.4) is 0 Å². The molecule has 3 fully saturated rings. The van der Waals surface area contributed by atoms with Crippen LogP contribution < -0.4 is 14.9 Å². The first-order valence-electron chi connectivity index (χ1n) is 17.6. The fraction of sp³-hybridized carbons (Fsp3) is 0.543. The summed E-state index contributed by atoms with van der Waals surface area (Å²) in [7, 11) is -0.406. The first-order valence-corrected chi connectivity index (χ1v) is 19.9. The molecule has 0 saturated carbocycles. The molecular formula is C35H43F3N10O3S2. The molecule has 13 nitrogen and oxygen atoms in total. The SMILES string of the molecule is CNc1nc(N2CC3(CCN(Cc4ccc5c(cc(C#N)n5C[C@H](C)N5CCN(S(=O)(=O)NC)CC5)c4C)C3)CC2=O)c2cc(CC(F)(F)F)sc2n1. The number of carbonyl (C=O) groups is 1. The standard InChI is InChI=1S/C35H43F3N10O3S2/c1-22(45-9-11-46(12-10-45)53(50,51)41-4)18-47-25(17-39)13-27-23(2)24(5-6-29(27)47)19-44-8-7-34(20-44)16-30(49)48(21-34)31-28-14-26(15-35(36,37)38)52-32(28)43-33(40-3)42-31/h5-6,13-14,22,41H,7-12,15-16,18-21H2,1-4H3,(H,40,42,43)/t22-,34?/m0/s1. The van der Waals surface area contributed by atoms with E-state index in [1.807, 2.05) is 6.07 Å². The van der Waals surface area contributed by atoms with Crippen LogP contribution in [0.15, 0.2) is 24.3 Å². The molecule has 7 rings (SSSR count). The van der Waals surface area contributed by atoms with Gasteiger partial charge in [-0.2, -0.15) is 36.1 Å². The van der Waals surface area contributed by atoms with Crippen LogP contribution >= 0.6 is 11.3 Å². The summed E-state index contributed by atoms with van der Waals surface area (Å²) < 4.78 is 70.0. The summed E-state index contributed by atoms with van der Waals surface area (Å²) in [6.45, 7) is 9.36. The van der Waals surface area contributed by atoms with Crippen LogP contribution in [0.25, 0.3) is 21.1 Å². The molecule has 2 N–H and O–H groups in total. The van der Waals surface area contributed by atoms with E-state index in [-0.39, 0.29) is 28.2 Å². The van der Waals surface area contributed by atoms with E-state index in [4.69, 9.17) is 0 Å². The zero-order valence-electron chi connectivity index (χ0n) is 30.1. The number of aromatic nitrogens is 3. The van der Waals surface area contributed by atoms with Crippen molar-refractivity contribution in [3.63, 3.8) is 0 Å². The first kappa shape index (κ1) is 37.5. The molecule has 18 heteroatoms. The summed E-state index contributed by atoms with van der Waals surface area (Å²) in [5.74, 6) is 0.505. The number of nitrogens with one attached hydrogen (secondary N) is 2. The predicted molar refractivity (Wildman–Crippen MR) is 198 cm³/mol. The molecule has 0 bridgehead atoms. The maximum atomic E-state index is 13.6. The van der Waals surface area contributed by atoms with E-state index >= 15 is 0 Å². The monoisotopic (exact) mass is 772 g/mol. The van der Waals surface area contributed by atoms with Crippen molar-refractivity contribution < 1.29 is 26.4 Å². The number of hydrogen-bond acceptors (Lipinski definition) is 10. The van der Waals surface area contributed by atoms with Crippen LogP contribution in [-0.4, -0.2) is 115 Å². The Bertz CT molecular complexity index is 2210. The van der Waals surface area contributed by atoms with Gasteiger partial charge in [0.1, 0.15) is 22.4 Å². The zero-order valence-corrected chi connectivity index (χ0v) is 31.8. The molecule has 284 valence electrons. The van der Waals surface area contributed by atoms with E-state index in [0.717, 1.165) is 46.3 Å². The van der Waals surface area contributed by atoms with E-state index < -0.39 is 22.8 Å². The van der Waals surface area contributed by atoms with E-state index in [0.29, 0.717) is 80.5 Å². The number of thiophene rings is 1. The van der Waals surface area contributed by atoms with Gasteiger partial charge in [-0.3, -0.25) is 19.5 Å². The number of carbonyl (C=O) groups excluding carboxylic acids is 1. The molecule has 1 aromatic carbocycles. The molecule has 3 saturated heterocycles. The van der Waals surface area contributed by atoms with Crippen LogP contribution in [0.1, 0.15) is 41.5 Å². The summed E-state index contributed by atoms with van der Waals surface area (Å²) in [6.07, 6.45) is -4.29. The van der Waals surface area contributed by atoms with Crippen molar-refractivity contribution in [2.45, 2.75) is 58.4 Å². The van der Waals surface area contributed by atoms with E-state index in [9.17, 15) is 31.6 Å². The minimum absolute atomic E-state index is 0.0801. The van der Waals surface area contributed by atoms with Gasteiger partial charge >= 0.3 is 6.18 Å². The summed E-state index contributed by atoms with van der Waals surface area (Å²) in [4.78, 5) is 29.3. The number of piperazine rings is 1. The van der Waals surface area contributed by atoms with Crippen molar-refractivity contribution in [1.82, 2.24) is 33.4 Å². The van der Waals surface area contributed by atoms with Crippen molar-refractivity contribution in [3.8, 4) is 6.07 Å². The van der Waals surface area contributed by atoms with Crippen molar-refractivity contribution in [2.75, 3.05) is 70.1 Å². The quantitative estimate of drug-likeness (QED) is 0.244. The minimum Gasteiger partial charge on any atom is -0.357 e. The van der Waals surface area contributed by atoms with Gasteiger partial charge in [-0.15, -0.1) is 11.3 Å². The number of alkyl halides is 3. The van der Waals surface area contributed by atoms with Crippen LogP contribution in [-0.2, 0) is 34.5 Å². The first-order chi connectivity index (χ1) is 25.1. The van der Waals surface area contributed by atoms with E-state index in [1.54, 1.807) is 11.9 Å². The molecule has 1 amide bonds. The molecule has 1 spiro atoms. The Kier molecular flexibility index (Phi) is 9.96. The summed E-state index contributed by atoms with van der Waals surface area (Å²) in [5, 5.41) is 14.5. The normalized spacial score (nSPS) is 21.4. The Morgan fingerprint density at radius 3 is 2.51 bits per heavy atom. The number of hydrogen-bond donors (Lipinski definition) is 2. The maximum Gasteiger partial charge on any atom is 0.393 e. The Morgan fingerprint density at radius 2 is 1.83 bits per heavy atom. The van der Waals surface area contributed by atoms with Crippen molar-refractivity contribution in [3.05, 3.63) is 46.0 Å². The number of benzene rings is 1. The van der Waals surface area contributed by atoms with Crippen LogP contribution in [0.5, 0.6) is 0 Å². The third-order valence-electron chi connectivity index (χ3n) is 11.0. The highest BCUT2D eigenvalue weighted by atomic mass is 32.2. The number of likely N-dealkylation sites (tertiary alicyclic amines) is 1.